The highest BCUT2D eigenvalue weighted by Crippen LogP contribution is 2.35. The summed E-state index contributed by atoms with van der Waals surface area (Å²) < 4.78 is 17.8. The van der Waals surface area contributed by atoms with Crippen molar-refractivity contribution in [1.82, 2.24) is 9.29 Å². The average molecular weight is 363 g/mol. The van der Waals surface area contributed by atoms with E-state index in [9.17, 15) is 4.21 Å². The van der Waals surface area contributed by atoms with Crippen LogP contribution >= 0.6 is 11.3 Å². The molecule has 1 aromatic heterocycles. The maximum atomic E-state index is 13.5. The second-order valence-corrected chi connectivity index (χ2v) is 9.74. The van der Waals surface area contributed by atoms with Crippen LogP contribution in [0.3, 0.4) is 0 Å². The summed E-state index contributed by atoms with van der Waals surface area (Å²) in [5, 5.41) is 0. The van der Waals surface area contributed by atoms with Gasteiger partial charge in [-0.05, 0) is 37.8 Å². The van der Waals surface area contributed by atoms with E-state index >= 15 is 0 Å². The molecule has 4 rings (SSSR count). The Bertz CT molecular complexity index is 651. The quantitative estimate of drug-likeness (QED) is 0.741. The molecule has 2 aliphatic rings. The Morgan fingerprint density at radius 3 is 2.08 bits per heavy atom. The van der Waals surface area contributed by atoms with Crippen molar-refractivity contribution in [2.45, 2.75) is 80.6 Å². The van der Waals surface area contributed by atoms with Crippen LogP contribution in [0, 0.1) is 0 Å². The zero-order valence-electron chi connectivity index (χ0n) is 14.2. The lowest BCUT2D eigenvalue weighted by Crippen LogP contribution is -2.46. The van der Waals surface area contributed by atoms with Crippen molar-refractivity contribution >= 4 is 32.5 Å². The standard InChI is InChI=1S/C19H26N2OS2/c22-24(19-20-17-13-7-8-14-18(17)23-19)21(15-9-3-1-4-10-15)16-11-5-2-6-12-16/h7-8,13-16H,1-6,9-12H2. The van der Waals surface area contributed by atoms with Crippen molar-refractivity contribution in [3.63, 3.8) is 0 Å². The van der Waals surface area contributed by atoms with Gasteiger partial charge in [0.15, 0.2) is 15.3 Å². The van der Waals surface area contributed by atoms with E-state index in [1.807, 2.05) is 18.2 Å². The topological polar surface area (TPSA) is 33.2 Å². The molecular formula is C19H26N2OS2. The van der Waals surface area contributed by atoms with Gasteiger partial charge >= 0.3 is 0 Å². The fraction of sp³-hybridized carbons (Fsp3) is 0.632. The van der Waals surface area contributed by atoms with Crippen LogP contribution in [-0.2, 0) is 11.0 Å². The molecule has 2 aliphatic carbocycles. The van der Waals surface area contributed by atoms with Gasteiger partial charge in [-0.1, -0.05) is 50.7 Å². The third kappa shape index (κ3) is 3.44. The SMILES string of the molecule is O=S(c1nc2ccccc2s1)N(C1CCCCC1)C1CCCCC1. The predicted molar refractivity (Wildman–Crippen MR) is 102 cm³/mol. The third-order valence-corrected chi connectivity index (χ3v) is 8.36. The molecule has 1 aromatic carbocycles. The van der Waals surface area contributed by atoms with Gasteiger partial charge in [0.2, 0.25) is 0 Å². The molecule has 0 bridgehead atoms. The summed E-state index contributed by atoms with van der Waals surface area (Å²) in [5.41, 5.74) is 0.984. The van der Waals surface area contributed by atoms with Crippen molar-refractivity contribution in [1.29, 1.82) is 0 Å². The van der Waals surface area contributed by atoms with Gasteiger partial charge in [0, 0.05) is 12.1 Å². The normalized spacial score (nSPS) is 22.2. The minimum absolute atomic E-state index is 0.481. The summed E-state index contributed by atoms with van der Waals surface area (Å²) in [6.07, 6.45) is 12.6. The number of rotatable bonds is 4. The molecule has 2 aromatic rings. The summed E-state index contributed by atoms with van der Waals surface area (Å²) in [7, 11) is -1.11. The first-order chi connectivity index (χ1) is 11.8. The van der Waals surface area contributed by atoms with Gasteiger partial charge < -0.3 is 0 Å². The highest BCUT2D eigenvalue weighted by atomic mass is 32.2. The largest absolute Gasteiger partial charge is 0.235 e. The summed E-state index contributed by atoms with van der Waals surface area (Å²) >= 11 is 1.61. The fourth-order valence-corrected chi connectivity index (χ4v) is 7.09. The van der Waals surface area contributed by atoms with E-state index < -0.39 is 11.0 Å². The first kappa shape index (κ1) is 16.7. The molecule has 24 heavy (non-hydrogen) atoms. The molecule has 1 unspecified atom stereocenters. The minimum atomic E-state index is -1.11. The van der Waals surface area contributed by atoms with Gasteiger partial charge in [0.25, 0.3) is 0 Å². The van der Waals surface area contributed by atoms with E-state index in [0.717, 1.165) is 14.6 Å². The monoisotopic (exact) mass is 362 g/mol. The minimum Gasteiger partial charge on any atom is -0.235 e. The van der Waals surface area contributed by atoms with Crippen molar-refractivity contribution in [3.8, 4) is 0 Å². The van der Waals surface area contributed by atoms with Crippen LogP contribution in [0.4, 0.5) is 0 Å². The van der Waals surface area contributed by atoms with Gasteiger partial charge in [-0.2, -0.15) is 0 Å². The summed E-state index contributed by atoms with van der Waals surface area (Å²) in [5.74, 6) is 0. The zero-order valence-corrected chi connectivity index (χ0v) is 15.8. The van der Waals surface area contributed by atoms with Gasteiger partial charge in [-0.3, -0.25) is 0 Å². The lowest BCUT2D eigenvalue weighted by molar-refractivity contribution is 0.177. The average Bonchev–Trinajstić information content (AvgIpc) is 3.08. The Labute approximate surface area is 151 Å². The first-order valence-electron chi connectivity index (χ1n) is 9.39. The second-order valence-electron chi connectivity index (χ2n) is 7.14. The molecule has 0 spiro atoms. The maximum Gasteiger partial charge on any atom is 0.197 e. The van der Waals surface area contributed by atoms with E-state index in [1.165, 1.54) is 64.2 Å². The number of para-hydroxylation sites is 1. The second kappa shape index (κ2) is 7.63. The number of hydrogen-bond donors (Lipinski definition) is 0. The number of aromatic nitrogens is 1. The highest BCUT2D eigenvalue weighted by molar-refractivity contribution is 7.85. The summed E-state index contributed by atoms with van der Waals surface area (Å²) in [6, 6.07) is 9.11. The smallest absolute Gasteiger partial charge is 0.197 e. The molecule has 5 heteroatoms. The van der Waals surface area contributed by atoms with Gasteiger partial charge in [0.05, 0.1) is 10.2 Å². The van der Waals surface area contributed by atoms with Crippen LogP contribution in [0.25, 0.3) is 10.2 Å². The Morgan fingerprint density at radius 1 is 0.917 bits per heavy atom. The molecule has 3 nitrogen and oxygen atoms in total. The summed E-state index contributed by atoms with van der Waals surface area (Å²) in [4.78, 5) is 4.70. The van der Waals surface area contributed by atoms with Crippen LogP contribution in [-0.4, -0.2) is 25.6 Å². The molecule has 1 heterocycles. The number of hydrogen-bond acceptors (Lipinski definition) is 3. The number of nitrogens with zero attached hydrogens (tertiary/aromatic N) is 2. The molecule has 1 atom stereocenters. The predicted octanol–water partition coefficient (Wildman–Crippen LogP) is 5.29. The molecule has 0 saturated heterocycles. The van der Waals surface area contributed by atoms with Crippen molar-refractivity contribution in [2.75, 3.05) is 0 Å². The van der Waals surface area contributed by atoms with Crippen LogP contribution in [0.1, 0.15) is 64.2 Å². The third-order valence-electron chi connectivity index (χ3n) is 5.48. The van der Waals surface area contributed by atoms with Crippen LogP contribution < -0.4 is 0 Å². The fourth-order valence-electron chi connectivity index (χ4n) is 4.26. The Balaban J connectivity index is 1.64. The van der Waals surface area contributed by atoms with Gasteiger partial charge in [-0.15, -0.1) is 11.3 Å². The van der Waals surface area contributed by atoms with E-state index in [1.54, 1.807) is 11.3 Å². The zero-order chi connectivity index (χ0) is 16.4. The molecule has 0 radical (unpaired) electrons. The van der Waals surface area contributed by atoms with Gasteiger partial charge in [-0.25, -0.2) is 13.5 Å². The Hall–Kier alpha value is -0.780. The Kier molecular flexibility index (Phi) is 5.30. The van der Waals surface area contributed by atoms with E-state index in [4.69, 9.17) is 4.98 Å². The molecular weight excluding hydrogens is 336 g/mol. The molecule has 2 fully saturated rings. The molecule has 0 amide bonds. The lowest BCUT2D eigenvalue weighted by atomic mass is 9.91. The van der Waals surface area contributed by atoms with E-state index in [2.05, 4.69) is 10.4 Å². The van der Waals surface area contributed by atoms with Crippen molar-refractivity contribution < 1.29 is 4.21 Å². The number of thiazole rings is 1. The van der Waals surface area contributed by atoms with Crippen molar-refractivity contribution in [3.05, 3.63) is 24.3 Å². The van der Waals surface area contributed by atoms with Gasteiger partial charge in [0.1, 0.15) is 0 Å². The first-order valence-corrected chi connectivity index (χ1v) is 11.3. The number of benzene rings is 1. The molecule has 130 valence electrons. The van der Waals surface area contributed by atoms with E-state index in [-0.39, 0.29) is 0 Å². The highest BCUT2D eigenvalue weighted by Gasteiger charge is 2.34. The van der Waals surface area contributed by atoms with Crippen LogP contribution in [0.2, 0.25) is 0 Å². The van der Waals surface area contributed by atoms with Crippen LogP contribution in [0.5, 0.6) is 0 Å². The molecule has 0 aliphatic heterocycles. The number of fused-ring (bicyclic) bond motifs is 1. The van der Waals surface area contributed by atoms with Crippen molar-refractivity contribution in [2.24, 2.45) is 0 Å². The Morgan fingerprint density at radius 2 is 1.50 bits per heavy atom. The lowest BCUT2D eigenvalue weighted by Gasteiger charge is -2.39. The molecule has 0 N–H and O–H groups in total. The van der Waals surface area contributed by atoms with Crippen LogP contribution in [0.15, 0.2) is 28.6 Å². The summed E-state index contributed by atoms with van der Waals surface area (Å²) in [6.45, 7) is 0. The molecule has 2 saturated carbocycles. The van der Waals surface area contributed by atoms with E-state index in [0.29, 0.717) is 12.1 Å². The maximum absolute atomic E-state index is 13.5.